The van der Waals surface area contributed by atoms with Crippen LogP contribution < -0.4 is 5.32 Å². The molecule has 34 heavy (non-hydrogen) atoms. The summed E-state index contributed by atoms with van der Waals surface area (Å²) in [4.78, 5) is 37.6. The minimum atomic E-state index is -0.888. The molecule has 3 aromatic carbocycles. The minimum Gasteiger partial charge on any atom is -0.481 e. The number of carbonyl (C=O) groups excluding carboxylic acids is 2. The van der Waals surface area contributed by atoms with Crippen LogP contribution in [0.4, 0.5) is 10.5 Å². The molecule has 0 bridgehead atoms. The quantitative estimate of drug-likeness (QED) is 0.431. The van der Waals surface area contributed by atoms with E-state index in [4.69, 9.17) is 9.84 Å². The van der Waals surface area contributed by atoms with Gasteiger partial charge in [0.05, 0.1) is 11.6 Å². The first-order valence-corrected chi connectivity index (χ1v) is 11.9. The molecule has 0 atom stereocenters. The van der Waals surface area contributed by atoms with Gasteiger partial charge in [0.1, 0.15) is 6.61 Å². The van der Waals surface area contributed by atoms with Gasteiger partial charge in [0.25, 0.3) is 5.91 Å². The standard InChI is InChI=1S/C26H21IN2O5/c27-22-11-15(24(30)29-12-16(13-29)25(31)32)9-10-23(22)28-26(33)34-14-21-19-7-3-1-5-17(19)18-6-2-4-8-20(18)21/h1-11,16,21H,12-14H2,(H,28,33)(H,31,32). The molecule has 2 amide bonds. The second kappa shape index (κ2) is 9.09. The van der Waals surface area contributed by atoms with E-state index < -0.39 is 18.0 Å². The Labute approximate surface area is 209 Å². The molecule has 1 heterocycles. The van der Waals surface area contributed by atoms with E-state index in [1.54, 1.807) is 18.2 Å². The molecule has 0 saturated carbocycles. The molecular formula is C26H21IN2O5. The number of aliphatic carboxylic acids is 1. The molecule has 1 aliphatic heterocycles. The number of hydrogen-bond donors (Lipinski definition) is 2. The number of hydrogen-bond acceptors (Lipinski definition) is 4. The number of amides is 2. The molecule has 0 spiro atoms. The summed E-state index contributed by atoms with van der Waals surface area (Å²) in [6.07, 6.45) is -0.564. The third-order valence-electron chi connectivity index (χ3n) is 6.31. The summed E-state index contributed by atoms with van der Waals surface area (Å²) in [5, 5.41) is 11.7. The third kappa shape index (κ3) is 4.13. The molecule has 3 aromatic rings. The van der Waals surface area contributed by atoms with E-state index >= 15 is 0 Å². The zero-order valence-electron chi connectivity index (χ0n) is 18.0. The van der Waals surface area contributed by atoms with Crippen molar-refractivity contribution in [2.75, 3.05) is 25.0 Å². The normalized spacial score (nSPS) is 14.7. The second-order valence-corrected chi connectivity index (χ2v) is 9.55. The summed E-state index contributed by atoms with van der Waals surface area (Å²) in [5.41, 5.74) is 5.61. The van der Waals surface area contributed by atoms with Crippen molar-refractivity contribution in [1.82, 2.24) is 4.90 Å². The number of carbonyl (C=O) groups is 3. The minimum absolute atomic E-state index is 0.0247. The molecule has 0 radical (unpaired) electrons. The van der Waals surface area contributed by atoms with Gasteiger partial charge < -0.3 is 14.7 Å². The summed E-state index contributed by atoms with van der Waals surface area (Å²) in [7, 11) is 0. The van der Waals surface area contributed by atoms with Crippen LogP contribution in [0.25, 0.3) is 11.1 Å². The Hall–Kier alpha value is -3.40. The van der Waals surface area contributed by atoms with Gasteiger partial charge in [0.15, 0.2) is 0 Å². The predicted octanol–water partition coefficient (Wildman–Crippen LogP) is 4.81. The predicted molar refractivity (Wildman–Crippen MR) is 135 cm³/mol. The van der Waals surface area contributed by atoms with Crippen LogP contribution in [0.5, 0.6) is 0 Å². The van der Waals surface area contributed by atoms with Crippen molar-refractivity contribution in [2.45, 2.75) is 5.92 Å². The average Bonchev–Trinajstić information content (AvgIpc) is 3.11. The van der Waals surface area contributed by atoms with Gasteiger partial charge in [-0.15, -0.1) is 0 Å². The molecule has 1 aliphatic carbocycles. The first kappa shape index (κ1) is 22.4. The van der Waals surface area contributed by atoms with Crippen LogP contribution in [-0.4, -0.2) is 47.7 Å². The number of benzene rings is 3. The molecule has 0 aromatic heterocycles. The molecule has 0 unspecified atom stereocenters. The van der Waals surface area contributed by atoms with Crippen molar-refractivity contribution in [3.63, 3.8) is 0 Å². The molecule has 2 aliphatic rings. The summed E-state index contributed by atoms with van der Waals surface area (Å²) >= 11 is 2.05. The van der Waals surface area contributed by atoms with Crippen molar-refractivity contribution in [3.8, 4) is 11.1 Å². The highest BCUT2D eigenvalue weighted by molar-refractivity contribution is 14.1. The molecule has 1 saturated heterocycles. The van der Waals surface area contributed by atoms with Crippen LogP contribution in [0.15, 0.2) is 66.7 Å². The van der Waals surface area contributed by atoms with E-state index in [1.165, 1.54) is 16.0 Å². The van der Waals surface area contributed by atoms with Crippen molar-refractivity contribution in [3.05, 3.63) is 87.0 Å². The highest BCUT2D eigenvalue weighted by Gasteiger charge is 2.36. The number of rotatable bonds is 5. The first-order chi connectivity index (χ1) is 16.4. The smallest absolute Gasteiger partial charge is 0.411 e. The van der Waals surface area contributed by atoms with Crippen LogP contribution in [0.2, 0.25) is 0 Å². The Morgan fingerprint density at radius 1 is 0.971 bits per heavy atom. The fourth-order valence-electron chi connectivity index (χ4n) is 4.48. The number of carboxylic acid groups (broad SMARTS) is 1. The maximum atomic E-state index is 12.6. The molecule has 5 rings (SSSR count). The van der Waals surface area contributed by atoms with Crippen molar-refractivity contribution in [2.24, 2.45) is 5.92 Å². The lowest BCUT2D eigenvalue weighted by atomic mass is 9.98. The van der Waals surface area contributed by atoms with Crippen LogP contribution >= 0.6 is 22.6 Å². The molecule has 8 heteroatoms. The summed E-state index contributed by atoms with van der Waals surface area (Å²) in [5.74, 6) is -1.63. The number of anilines is 1. The monoisotopic (exact) mass is 568 g/mol. The number of fused-ring (bicyclic) bond motifs is 3. The van der Waals surface area contributed by atoms with Gasteiger partial charge in [-0.2, -0.15) is 0 Å². The van der Waals surface area contributed by atoms with Crippen molar-refractivity contribution in [1.29, 1.82) is 0 Å². The Morgan fingerprint density at radius 3 is 2.18 bits per heavy atom. The van der Waals surface area contributed by atoms with Crippen LogP contribution in [0, 0.1) is 9.49 Å². The third-order valence-corrected chi connectivity index (χ3v) is 7.21. The van der Waals surface area contributed by atoms with Gasteiger partial charge in [0.2, 0.25) is 0 Å². The Morgan fingerprint density at radius 2 is 1.59 bits per heavy atom. The van der Waals surface area contributed by atoms with Gasteiger partial charge in [-0.05, 0) is 63.0 Å². The van der Waals surface area contributed by atoms with Crippen LogP contribution in [0.3, 0.4) is 0 Å². The number of ether oxygens (including phenoxy) is 1. The first-order valence-electron chi connectivity index (χ1n) is 10.9. The second-order valence-electron chi connectivity index (χ2n) is 8.39. The summed E-state index contributed by atoms with van der Waals surface area (Å²) < 4.78 is 6.28. The number of carboxylic acids is 1. The highest BCUT2D eigenvalue weighted by atomic mass is 127. The van der Waals surface area contributed by atoms with E-state index in [-0.39, 0.29) is 31.5 Å². The van der Waals surface area contributed by atoms with Gasteiger partial charge in [0, 0.05) is 28.1 Å². The van der Waals surface area contributed by atoms with E-state index in [2.05, 4.69) is 52.2 Å². The molecule has 2 N–H and O–H groups in total. The van der Waals surface area contributed by atoms with Gasteiger partial charge >= 0.3 is 12.1 Å². The van der Waals surface area contributed by atoms with Gasteiger partial charge in [-0.25, -0.2) is 4.79 Å². The Balaban J connectivity index is 1.22. The lowest BCUT2D eigenvalue weighted by Crippen LogP contribution is -2.53. The van der Waals surface area contributed by atoms with E-state index in [1.807, 2.05) is 24.3 Å². The maximum Gasteiger partial charge on any atom is 0.411 e. The molecular weight excluding hydrogens is 547 g/mol. The zero-order valence-corrected chi connectivity index (χ0v) is 20.2. The van der Waals surface area contributed by atoms with E-state index in [9.17, 15) is 14.4 Å². The Bertz CT molecular complexity index is 1260. The van der Waals surface area contributed by atoms with Crippen LogP contribution in [0.1, 0.15) is 27.4 Å². The van der Waals surface area contributed by atoms with Crippen molar-refractivity contribution >= 4 is 46.2 Å². The number of nitrogens with one attached hydrogen (secondary N) is 1. The number of nitrogens with zero attached hydrogens (tertiary/aromatic N) is 1. The fourth-order valence-corrected chi connectivity index (χ4v) is 5.13. The molecule has 7 nitrogen and oxygen atoms in total. The van der Waals surface area contributed by atoms with E-state index in [0.29, 0.717) is 14.8 Å². The van der Waals surface area contributed by atoms with E-state index in [0.717, 1.165) is 11.1 Å². The lowest BCUT2D eigenvalue weighted by molar-refractivity contribution is -0.146. The largest absolute Gasteiger partial charge is 0.481 e. The highest BCUT2D eigenvalue weighted by Crippen LogP contribution is 2.44. The molecule has 172 valence electrons. The molecule has 1 fully saturated rings. The van der Waals surface area contributed by atoms with Gasteiger partial charge in [-0.3, -0.25) is 14.9 Å². The number of halogens is 1. The summed E-state index contributed by atoms with van der Waals surface area (Å²) in [6, 6.07) is 21.3. The Kier molecular flexibility index (Phi) is 5.99. The fraction of sp³-hybridized carbons (Fsp3) is 0.192. The zero-order chi connectivity index (χ0) is 23.8. The van der Waals surface area contributed by atoms with Crippen molar-refractivity contribution < 1.29 is 24.2 Å². The maximum absolute atomic E-state index is 12.6. The topological polar surface area (TPSA) is 95.9 Å². The lowest BCUT2D eigenvalue weighted by Gasteiger charge is -2.36. The number of likely N-dealkylation sites (tertiary alicyclic amines) is 1. The average molecular weight is 568 g/mol. The van der Waals surface area contributed by atoms with Gasteiger partial charge in [-0.1, -0.05) is 48.5 Å². The SMILES string of the molecule is O=C(Nc1ccc(C(=O)N2CC(C(=O)O)C2)cc1I)OCC1c2ccccc2-c2ccccc21. The van der Waals surface area contributed by atoms with Crippen LogP contribution in [-0.2, 0) is 9.53 Å². The summed E-state index contributed by atoms with van der Waals surface area (Å²) in [6.45, 7) is 0.641.